The third-order valence-corrected chi connectivity index (χ3v) is 2.17. The van der Waals surface area contributed by atoms with Crippen molar-refractivity contribution in [3.8, 4) is 0 Å². The third-order valence-electron chi connectivity index (χ3n) is 2.17. The van der Waals surface area contributed by atoms with E-state index in [4.69, 9.17) is 14.2 Å². The Morgan fingerprint density at radius 3 is 2.39 bits per heavy atom. The lowest BCUT2D eigenvalue weighted by molar-refractivity contribution is -0.0991. The van der Waals surface area contributed by atoms with Gasteiger partial charge in [0.15, 0.2) is 0 Å². The molecule has 0 aliphatic carbocycles. The Balaban J connectivity index is 4.34. The van der Waals surface area contributed by atoms with Crippen molar-refractivity contribution in [2.24, 2.45) is 0 Å². The van der Waals surface area contributed by atoms with Gasteiger partial charge in [-0.15, -0.1) is 0 Å². The topological polar surface area (TPSA) is 77.0 Å². The highest BCUT2D eigenvalue weighted by Crippen LogP contribution is 2.09. The number of amides is 1. The first-order valence-corrected chi connectivity index (χ1v) is 6.05. The number of aliphatic hydroxyl groups is 1. The molecule has 0 spiro atoms. The second-order valence-electron chi connectivity index (χ2n) is 4.96. The van der Waals surface area contributed by atoms with E-state index in [0.717, 1.165) is 0 Å². The number of alkyl carbamates (subject to hydrolysis) is 1. The number of hydrogen-bond acceptors (Lipinski definition) is 5. The molecular formula is C12H25NO5. The molecule has 0 heterocycles. The van der Waals surface area contributed by atoms with Crippen LogP contribution in [0.2, 0.25) is 0 Å². The fourth-order valence-electron chi connectivity index (χ4n) is 1.37. The molecule has 0 aliphatic heterocycles. The van der Waals surface area contributed by atoms with Gasteiger partial charge in [0.05, 0.1) is 12.6 Å². The lowest BCUT2D eigenvalue weighted by atomic mass is 10.1. The zero-order valence-corrected chi connectivity index (χ0v) is 11.9. The van der Waals surface area contributed by atoms with Gasteiger partial charge < -0.3 is 24.6 Å². The summed E-state index contributed by atoms with van der Waals surface area (Å²) in [5.74, 6) is 0. The standard InChI is InChI=1S/C12H25NO5/c1-6-9(10(7-14)17-8-16-5)13-11(15)18-12(2,3)4/h9-10,14H,6-8H2,1-5H3,(H,13,15). The summed E-state index contributed by atoms with van der Waals surface area (Å²) in [6, 6.07) is -0.319. The minimum absolute atomic E-state index is 0.0672. The summed E-state index contributed by atoms with van der Waals surface area (Å²) < 4.78 is 15.2. The van der Waals surface area contributed by atoms with E-state index in [-0.39, 0.29) is 19.4 Å². The summed E-state index contributed by atoms with van der Waals surface area (Å²) in [4.78, 5) is 11.6. The lowest BCUT2D eigenvalue weighted by Gasteiger charge is -2.27. The maximum Gasteiger partial charge on any atom is 0.407 e. The fraction of sp³-hybridized carbons (Fsp3) is 0.917. The largest absolute Gasteiger partial charge is 0.444 e. The molecule has 18 heavy (non-hydrogen) atoms. The zero-order chi connectivity index (χ0) is 14.2. The number of rotatable bonds is 7. The van der Waals surface area contributed by atoms with Crippen LogP contribution in [-0.2, 0) is 14.2 Å². The molecule has 108 valence electrons. The summed E-state index contributed by atoms with van der Waals surface area (Å²) in [5, 5.41) is 11.9. The first-order valence-electron chi connectivity index (χ1n) is 6.05. The van der Waals surface area contributed by atoms with Crippen LogP contribution in [0.1, 0.15) is 34.1 Å². The monoisotopic (exact) mass is 263 g/mol. The van der Waals surface area contributed by atoms with Crippen LogP contribution in [-0.4, -0.2) is 49.5 Å². The van der Waals surface area contributed by atoms with Gasteiger partial charge in [0.1, 0.15) is 18.5 Å². The fourth-order valence-corrected chi connectivity index (χ4v) is 1.37. The van der Waals surface area contributed by atoms with Gasteiger partial charge in [-0.05, 0) is 27.2 Å². The predicted octanol–water partition coefficient (Wildman–Crippen LogP) is 1.27. The molecule has 0 radical (unpaired) electrons. The first kappa shape index (κ1) is 17.2. The molecule has 2 N–H and O–H groups in total. The third kappa shape index (κ3) is 7.47. The van der Waals surface area contributed by atoms with Crippen molar-refractivity contribution in [3.05, 3.63) is 0 Å². The van der Waals surface area contributed by atoms with Crippen LogP contribution in [0, 0.1) is 0 Å². The highest BCUT2D eigenvalue weighted by Gasteiger charge is 2.24. The molecule has 0 aromatic rings. The minimum Gasteiger partial charge on any atom is -0.444 e. The highest BCUT2D eigenvalue weighted by molar-refractivity contribution is 5.68. The van der Waals surface area contributed by atoms with E-state index in [2.05, 4.69) is 5.32 Å². The van der Waals surface area contributed by atoms with Crippen LogP contribution >= 0.6 is 0 Å². The van der Waals surface area contributed by atoms with Crippen molar-refractivity contribution in [2.75, 3.05) is 20.5 Å². The molecule has 0 aromatic heterocycles. The van der Waals surface area contributed by atoms with E-state index < -0.39 is 17.8 Å². The number of carbonyl (C=O) groups excluding carboxylic acids is 1. The number of carbonyl (C=O) groups is 1. The van der Waals surface area contributed by atoms with Gasteiger partial charge in [-0.2, -0.15) is 0 Å². The van der Waals surface area contributed by atoms with Gasteiger partial charge in [0.25, 0.3) is 0 Å². The SMILES string of the molecule is CCC(NC(=O)OC(C)(C)C)C(CO)OCOC. The molecule has 0 aliphatic rings. The Hall–Kier alpha value is -0.850. The van der Waals surface area contributed by atoms with Crippen LogP contribution in [0.25, 0.3) is 0 Å². The molecule has 1 amide bonds. The van der Waals surface area contributed by atoms with Crippen molar-refractivity contribution >= 4 is 6.09 Å². The zero-order valence-electron chi connectivity index (χ0n) is 11.9. The quantitative estimate of drug-likeness (QED) is 0.676. The summed E-state index contributed by atoms with van der Waals surface area (Å²) in [5.41, 5.74) is -0.551. The van der Waals surface area contributed by atoms with E-state index in [1.165, 1.54) is 7.11 Å². The number of aliphatic hydroxyl groups excluding tert-OH is 1. The summed E-state index contributed by atoms with van der Waals surface area (Å²) in [6.07, 6.45) is -0.412. The number of nitrogens with one attached hydrogen (secondary N) is 1. The molecule has 0 saturated carbocycles. The molecule has 6 nitrogen and oxygen atoms in total. The number of ether oxygens (including phenoxy) is 3. The molecular weight excluding hydrogens is 238 g/mol. The van der Waals surface area contributed by atoms with Gasteiger partial charge in [0, 0.05) is 7.11 Å². The second kappa shape index (κ2) is 8.29. The Bertz CT molecular complexity index is 239. The van der Waals surface area contributed by atoms with Crippen molar-refractivity contribution < 1.29 is 24.1 Å². The van der Waals surface area contributed by atoms with Crippen molar-refractivity contribution in [1.29, 1.82) is 0 Å². The van der Waals surface area contributed by atoms with Gasteiger partial charge in [-0.3, -0.25) is 0 Å². The van der Waals surface area contributed by atoms with E-state index in [1.807, 2.05) is 6.92 Å². The van der Waals surface area contributed by atoms with Gasteiger partial charge in [-0.25, -0.2) is 4.79 Å². The van der Waals surface area contributed by atoms with Crippen LogP contribution in [0.5, 0.6) is 0 Å². The van der Waals surface area contributed by atoms with Crippen LogP contribution in [0.4, 0.5) is 4.79 Å². The number of methoxy groups -OCH3 is 1. The van der Waals surface area contributed by atoms with Crippen LogP contribution < -0.4 is 5.32 Å². The highest BCUT2D eigenvalue weighted by atomic mass is 16.7. The van der Waals surface area contributed by atoms with Crippen molar-refractivity contribution in [1.82, 2.24) is 5.32 Å². The maximum atomic E-state index is 11.6. The molecule has 2 atom stereocenters. The summed E-state index contributed by atoms with van der Waals surface area (Å²) >= 11 is 0. The molecule has 0 saturated heterocycles. The Labute approximate surface area is 109 Å². The van der Waals surface area contributed by atoms with Crippen LogP contribution in [0.3, 0.4) is 0 Å². The Morgan fingerprint density at radius 1 is 1.39 bits per heavy atom. The lowest BCUT2D eigenvalue weighted by Crippen LogP contribution is -2.47. The molecule has 0 rings (SSSR count). The first-order chi connectivity index (χ1) is 8.34. The molecule has 0 aromatic carbocycles. The van der Waals surface area contributed by atoms with E-state index in [1.54, 1.807) is 20.8 Å². The second-order valence-corrected chi connectivity index (χ2v) is 4.96. The maximum absolute atomic E-state index is 11.6. The van der Waals surface area contributed by atoms with E-state index in [0.29, 0.717) is 6.42 Å². The molecule has 2 unspecified atom stereocenters. The summed E-state index contributed by atoms with van der Waals surface area (Å²) in [7, 11) is 1.50. The molecule has 0 fully saturated rings. The van der Waals surface area contributed by atoms with Crippen molar-refractivity contribution in [2.45, 2.75) is 51.9 Å². The van der Waals surface area contributed by atoms with Crippen LogP contribution in [0.15, 0.2) is 0 Å². The normalized spacial score (nSPS) is 15.0. The number of hydrogen-bond donors (Lipinski definition) is 2. The van der Waals surface area contributed by atoms with Gasteiger partial charge in [0.2, 0.25) is 0 Å². The molecule has 6 heteroatoms. The van der Waals surface area contributed by atoms with E-state index >= 15 is 0 Å². The van der Waals surface area contributed by atoms with Gasteiger partial charge >= 0.3 is 6.09 Å². The van der Waals surface area contributed by atoms with E-state index in [9.17, 15) is 9.90 Å². The average Bonchev–Trinajstić information content (AvgIpc) is 2.25. The Kier molecular flexibility index (Phi) is 7.90. The van der Waals surface area contributed by atoms with Crippen molar-refractivity contribution in [3.63, 3.8) is 0 Å². The average molecular weight is 263 g/mol. The molecule has 0 bridgehead atoms. The predicted molar refractivity (Wildman–Crippen MR) is 67.3 cm³/mol. The minimum atomic E-state index is -0.551. The van der Waals surface area contributed by atoms with Gasteiger partial charge in [-0.1, -0.05) is 6.92 Å². The summed E-state index contributed by atoms with van der Waals surface area (Å²) in [6.45, 7) is 7.13. The Morgan fingerprint density at radius 2 is 2.00 bits per heavy atom. The smallest absolute Gasteiger partial charge is 0.407 e.